The van der Waals surface area contributed by atoms with Gasteiger partial charge in [0.25, 0.3) is 0 Å². The van der Waals surface area contributed by atoms with Crippen molar-refractivity contribution in [1.29, 1.82) is 5.26 Å². The molecule has 5 rings (SSSR count). The molecular weight excluding hydrogens is 428 g/mol. The highest BCUT2D eigenvalue weighted by Crippen LogP contribution is 2.24. The Bertz CT molecular complexity index is 1350. The van der Waals surface area contributed by atoms with E-state index >= 15 is 0 Å². The summed E-state index contributed by atoms with van der Waals surface area (Å²) in [5.74, 6) is 1.12. The number of rotatable bonds is 5. The van der Waals surface area contributed by atoms with E-state index < -0.39 is 0 Å². The second-order valence-corrected chi connectivity index (χ2v) is 8.27. The number of benzene rings is 1. The lowest BCUT2D eigenvalue weighted by Crippen LogP contribution is -2.44. The molecule has 0 aliphatic carbocycles. The number of aromatic nitrogens is 6. The van der Waals surface area contributed by atoms with Gasteiger partial charge < -0.3 is 15.5 Å². The van der Waals surface area contributed by atoms with Crippen LogP contribution in [0.4, 0.5) is 11.8 Å². The third-order valence-electron chi connectivity index (χ3n) is 5.78. The molecule has 10 heteroatoms. The minimum atomic E-state index is 0.131. The van der Waals surface area contributed by atoms with E-state index in [0.29, 0.717) is 29.2 Å². The summed E-state index contributed by atoms with van der Waals surface area (Å²) in [6.45, 7) is 4.49. The maximum atomic E-state index is 9.18. The lowest BCUT2D eigenvalue weighted by Gasteiger charge is -2.33. The highest BCUT2D eigenvalue weighted by atomic mass is 15.4. The summed E-state index contributed by atoms with van der Waals surface area (Å²) in [6, 6.07) is 17.2. The molecular formula is C24H24N10. The molecule has 2 N–H and O–H groups in total. The lowest BCUT2D eigenvalue weighted by molar-refractivity contribution is 0.312. The fraction of sp³-hybridized carbons (Fsp3) is 0.250. The molecule has 1 aromatic carbocycles. The highest BCUT2D eigenvalue weighted by molar-refractivity contribution is 5.68. The zero-order valence-electron chi connectivity index (χ0n) is 18.8. The molecule has 0 bridgehead atoms. The molecule has 1 fully saturated rings. The van der Waals surface area contributed by atoms with Crippen LogP contribution in [0.15, 0.2) is 54.7 Å². The number of pyridine rings is 1. The van der Waals surface area contributed by atoms with Gasteiger partial charge in [0.15, 0.2) is 0 Å². The van der Waals surface area contributed by atoms with Crippen LogP contribution in [0.1, 0.15) is 11.3 Å². The van der Waals surface area contributed by atoms with E-state index in [-0.39, 0.29) is 5.95 Å². The van der Waals surface area contributed by atoms with Crippen LogP contribution in [0.2, 0.25) is 0 Å². The minimum Gasteiger partial charge on any atom is -0.368 e. The number of nitriles is 1. The fourth-order valence-corrected chi connectivity index (χ4v) is 3.92. The molecule has 10 nitrogen and oxygen atoms in total. The van der Waals surface area contributed by atoms with Crippen LogP contribution in [-0.2, 0) is 6.54 Å². The van der Waals surface area contributed by atoms with Crippen LogP contribution in [0.25, 0.3) is 22.6 Å². The van der Waals surface area contributed by atoms with Crippen molar-refractivity contribution >= 4 is 11.8 Å². The predicted molar refractivity (Wildman–Crippen MR) is 129 cm³/mol. The Morgan fingerprint density at radius 1 is 0.941 bits per heavy atom. The van der Waals surface area contributed by atoms with Crippen molar-refractivity contribution in [3.8, 4) is 28.7 Å². The van der Waals surface area contributed by atoms with Crippen LogP contribution >= 0.6 is 0 Å². The van der Waals surface area contributed by atoms with Crippen molar-refractivity contribution < 1.29 is 0 Å². The molecule has 0 spiro atoms. The first-order valence-electron chi connectivity index (χ1n) is 11.0. The average molecular weight is 453 g/mol. The van der Waals surface area contributed by atoms with Gasteiger partial charge in [-0.3, -0.25) is 0 Å². The first-order chi connectivity index (χ1) is 16.6. The number of nitrogens with zero attached hydrogens (tertiary/aromatic N) is 9. The number of anilines is 2. The van der Waals surface area contributed by atoms with Crippen molar-refractivity contribution in [1.82, 2.24) is 34.8 Å². The van der Waals surface area contributed by atoms with Gasteiger partial charge in [-0.25, -0.2) is 19.6 Å². The fourth-order valence-electron chi connectivity index (χ4n) is 3.92. The Morgan fingerprint density at radius 3 is 2.56 bits per heavy atom. The number of hydrogen-bond donors (Lipinski definition) is 1. The summed E-state index contributed by atoms with van der Waals surface area (Å²) in [5.41, 5.74) is 9.98. The molecule has 1 saturated heterocycles. The van der Waals surface area contributed by atoms with Gasteiger partial charge in [-0.2, -0.15) is 5.26 Å². The minimum absolute atomic E-state index is 0.131. The Hall–Kier alpha value is -4.36. The van der Waals surface area contributed by atoms with Gasteiger partial charge >= 0.3 is 0 Å². The van der Waals surface area contributed by atoms with E-state index in [1.54, 1.807) is 22.9 Å². The first kappa shape index (κ1) is 21.5. The summed E-state index contributed by atoms with van der Waals surface area (Å²) in [5, 5.41) is 17.7. The van der Waals surface area contributed by atoms with Crippen LogP contribution in [0.3, 0.4) is 0 Å². The normalized spacial score (nSPS) is 14.2. The van der Waals surface area contributed by atoms with Gasteiger partial charge in [-0.1, -0.05) is 23.4 Å². The summed E-state index contributed by atoms with van der Waals surface area (Å²) >= 11 is 0. The van der Waals surface area contributed by atoms with E-state index in [0.717, 1.165) is 43.3 Å². The molecule has 0 unspecified atom stereocenters. The first-order valence-corrected chi connectivity index (χ1v) is 11.0. The molecule has 1 aliphatic heterocycles. The quantitative estimate of drug-likeness (QED) is 0.484. The molecule has 0 radical (unpaired) electrons. The number of likely N-dealkylation sites (N-methyl/N-ethyl adjacent to an activating group) is 1. The summed E-state index contributed by atoms with van der Waals surface area (Å²) in [4.78, 5) is 18.1. The largest absolute Gasteiger partial charge is 0.368 e. The SMILES string of the molecule is CN1CCN(c2cccc(Cn3cc(-c4cc(-c5cccc(C#N)c5)nc(N)n4)nn3)n2)CC1. The van der Waals surface area contributed by atoms with Crippen LogP contribution < -0.4 is 10.6 Å². The van der Waals surface area contributed by atoms with E-state index in [9.17, 15) is 5.26 Å². The van der Waals surface area contributed by atoms with Crippen molar-refractivity contribution in [2.24, 2.45) is 0 Å². The van der Waals surface area contributed by atoms with Crippen molar-refractivity contribution in [3.63, 3.8) is 0 Å². The number of nitrogen functional groups attached to an aromatic ring is 1. The Labute approximate surface area is 197 Å². The van der Waals surface area contributed by atoms with Gasteiger partial charge in [0.1, 0.15) is 11.5 Å². The number of piperazine rings is 1. The highest BCUT2D eigenvalue weighted by Gasteiger charge is 2.16. The summed E-state index contributed by atoms with van der Waals surface area (Å²) in [6.07, 6.45) is 1.82. The Kier molecular flexibility index (Phi) is 5.84. The van der Waals surface area contributed by atoms with Crippen LogP contribution in [0, 0.1) is 11.3 Å². The van der Waals surface area contributed by atoms with Crippen molar-refractivity contribution in [3.05, 3.63) is 66.0 Å². The molecule has 3 aromatic heterocycles. The molecule has 170 valence electrons. The average Bonchev–Trinajstić information content (AvgIpc) is 3.33. The summed E-state index contributed by atoms with van der Waals surface area (Å²) in [7, 11) is 2.14. The van der Waals surface area contributed by atoms with Crippen LogP contribution in [0.5, 0.6) is 0 Å². The number of nitrogens with two attached hydrogens (primary N) is 1. The number of hydrogen-bond acceptors (Lipinski definition) is 9. The van der Waals surface area contributed by atoms with Gasteiger partial charge in [0.2, 0.25) is 5.95 Å². The smallest absolute Gasteiger partial charge is 0.221 e. The molecule has 4 heterocycles. The molecule has 4 aromatic rings. The van der Waals surface area contributed by atoms with Crippen molar-refractivity contribution in [2.75, 3.05) is 43.9 Å². The molecule has 0 saturated carbocycles. The van der Waals surface area contributed by atoms with E-state index in [4.69, 9.17) is 10.7 Å². The Balaban J connectivity index is 1.36. The zero-order valence-corrected chi connectivity index (χ0v) is 18.8. The lowest BCUT2D eigenvalue weighted by atomic mass is 10.1. The molecule has 0 amide bonds. The topological polar surface area (TPSA) is 126 Å². The van der Waals surface area contributed by atoms with Gasteiger partial charge in [0.05, 0.1) is 41.5 Å². The van der Waals surface area contributed by atoms with E-state index in [1.165, 1.54) is 0 Å². The second kappa shape index (κ2) is 9.25. The standard InChI is InChI=1S/C24H24N10/c1-32-8-10-33(11-9-32)23-7-3-6-19(27-23)15-34-16-22(30-31-34)21-13-20(28-24(26)29-21)18-5-2-4-17(12-18)14-25/h2-7,12-13,16H,8-11,15H2,1H3,(H2,26,28,29). The molecule has 34 heavy (non-hydrogen) atoms. The maximum Gasteiger partial charge on any atom is 0.221 e. The summed E-state index contributed by atoms with van der Waals surface area (Å²) < 4.78 is 1.74. The zero-order chi connectivity index (χ0) is 23.5. The van der Waals surface area contributed by atoms with E-state index in [1.807, 2.05) is 36.5 Å². The third-order valence-corrected chi connectivity index (χ3v) is 5.78. The predicted octanol–water partition coefficient (Wildman–Crippen LogP) is 2.05. The third kappa shape index (κ3) is 4.69. The monoisotopic (exact) mass is 452 g/mol. The van der Waals surface area contributed by atoms with Crippen LogP contribution in [-0.4, -0.2) is 68.1 Å². The van der Waals surface area contributed by atoms with Gasteiger partial charge in [-0.15, -0.1) is 5.10 Å². The van der Waals surface area contributed by atoms with E-state index in [2.05, 4.69) is 43.2 Å². The molecule has 1 aliphatic rings. The van der Waals surface area contributed by atoms with Crippen molar-refractivity contribution in [2.45, 2.75) is 6.54 Å². The Morgan fingerprint density at radius 2 is 1.74 bits per heavy atom. The van der Waals surface area contributed by atoms with Gasteiger partial charge in [-0.05, 0) is 37.4 Å². The van der Waals surface area contributed by atoms with Gasteiger partial charge in [0, 0.05) is 31.7 Å². The second-order valence-electron chi connectivity index (χ2n) is 8.27. The molecule has 0 atom stereocenters. The maximum absolute atomic E-state index is 9.18.